The Labute approximate surface area is 262 Å². The number of esters is 3. The molecule has 9 atom stereocenters. The van der Waals surface area contributed by atoms with Crippen molar-refractivity contribution in [2.45, 2.75) is 126 Å². The summed E-state index contributed by atoms with van der Waals surface area (Å²) in [6.07, 6.45) is 9.58. The molecule has 4 rings (SSSR count). The summed E-state index contributed by atoms with van der Waals surface area (Å²) in [6, 6.07) is 0. The highest BCUT2D eigenvalue weighted by molar-refractivity contribution is 5.85. The average Bonchev–Trinajstić information content (AvgIpc) is 3.13. The Morgan fingerprint density at radius 3 is 2.11 bits per heavy atom. The van der Waals surface area contributed by atoms with Crippen molar-refractivity contribution < 1.29 is 38.5 Å². The first kappa shape index (κ1) is 34.0. The molecule has 4 aliphatic rings. The van der Waals surface area contributed by atoms with Gasteiger partial charge in [-0.3, -0.25) is 14.4 Å². The van der Waals surface area contributed by atoms with E-state index in [0.29, 0.717) is 12.8 Å². The smallest absolute Gasteiger partial charge is 0.330 e. The molecule has 8 heteroatoms. The number of carboxylic acids is 1. The number of allylic oxidation sites excluding steroid dienone is 3. The lowest BCUT2D eigenvalue weighted by atomic mass is 9.44. The lowest BCUT2D eigenvalue weighted by Crippen LogP contribution is -2.56. The predicted molar refractivity (Wildman–Crippen MR) is 166 cm³/mol. The maximum absolute atomic E-state index is 12.5. The van der Waals surface area contributed by atoms with Crippen LogP contribution < -0.4 is 0 Å². The number of rotatable bonds is 8. The molecule has 0 bridgehead atoms. The van der Waals surface area contributed by atoms with Gasteiger partial charge in [-0.25, -0.2) is 4.79 Å². The Hall–Kier alpha value is -2.90. The van der Waals surface area contributed by atoms with E-state index >= 15 is 0 Å². The molecule has 244 valence electrons. The van der Waals surface area contributed by atoms with Crippen LogP contribution in [0.1, 0.15) is 108 Å². The third-order valence-electron chi connectivity index (χ3n) is 12.4. The van der Waals surface area contributed by atoms with Gasteiger partial charge in [0, 0.05) is 43.6 Å². The number of carbonyl (C=O) groups is 4. The van der Waals surface area contributed by atoms with Gasteiger partial charge in [0.05, 0.1) is 0 Å². The lowest BCUT2D eigenvalue weighted by Gasteiger charge is -2.61. The number of ether oxygens (including phenoxy) is 3. The minimum atomic E-state index is -0.999. The second kappa shape index (κ2) is 11.8. The largest absolute Gasteiger partial charge is 0.478 e. The van der Waals surface area contributed by atoms with Crippen LogP contribution in [-0.4, -0.2) is 47.3 Å². The van der Waals surface area contributed by atoms with E-state index in [4.69, 9.17) is 14.2 Å². The monoisotopic (exact) mass is 612 g/mol. The van der Waals surface area contributed by atoms with Gasteiger partial charge in [-0.1, -0.05) is 59.8 Å². The zero-order valence-electron chi connectivity index (χ0n) is 28.2. The lowest BCUT2D eigenvalue weighted by molar-refractivity contribution is -0.166. The van der Waals surface area contributed by atoms with Crippen molar-refractivity contribution in [1.29, 1.82) is 0 Å². The van der Waals surface area contributed by atoms with Gasteiger partial charge in [-0.05, 0) is 78.8 Å². The maximum atomic E-state index is 12.5. The van der Waals surface area contributed by atoms with Gasteiger partial charge in [0.1, 0.15) is 18.3 Å². The summed E-state index contributed by atoms with van der Waals surface area (Å²) in [4.78, 5) is 48.2. The molecule has 0 saturated heterocycles. The molecule has 0 amide bonds. The summed E-state index contributed by atoms with van der Waals surface area (Å²) in [6.45, 7) is 19.3. The highest BCUT2D eigenvalue weighted by atomic mass is 16.6. The van der Waals surface area contributed by atoms with E-state index in [0.717, 1.165) is 25.7 Å². The Bertz CT molecular complexity index is 1300. The van der Waals surface area contributed by atoms with Crippen LogP contribution in [-0.2, 0) is 33.4 Å². The highest BCUT2D eigenvalue weighted by Crippen LogP contribution is 2.72. The van der Waals surface area contributed by atoms with Gasteiger partial charge in [-0.15, -0.1) is 0 Å². The molecule has 2 saturated carbocycles. The quantitative estimate of drug-likeness (QED) is 0.177. The van der Waals surface area contributed by atoms with Crippen LogP contribution in [0, 0.1) is 39.4 Å². The van der Waals surface area contributed by atoms with Gasteiger partial charge < -0.3 is 19.3 Å². The summed E-state index contributed by atoms with van der Waals surface area (Å²) in [5, 5.41) is 9.41. The number of carbonyl (C=O) groups excluding carboxylic acids is 3. The fourth-order valence-electron chi connectivity index (χ4n) is 9.83. The molecule has 1 N–H and O–H groups in total. The average molecular weight is 613 g/mol. The van der Waals surface area contributed by atoms with E-state index in [1.165, 1.54) is 31.9 Å². The summed E-state index contributed by atoms with van der Waals surface area (Å²) in [5.74, 6) is -1.78. The van der Waals surface area contributed by atoms with Crippen molar-refractivity contribution in [2.75, 3.05) is 0 Å². The molecule has 0 aromatic rings. The van der Waals surface area contributed by atoms with Gasteiger partial charge in [-0.2, -0.15) is 0 Å². The Morgan fingerprint density at radius 2 is 1.55 bits per heavy atom. The van der Waals surface area contributed by atoms with Gasteiger partial charge in [0.15, 0.2) is 0 Å². The van der Waals surface area contributed by atoms with Crippen LogP contribution in [0.2, 0.25) is 0 Å². The van der Waals surface area contributed by atoms with Crippen molar-refractivity contribution in [2.24, 2.45) is 39.4 Å². The SMILES string of the molecule is CC(=O)OC1C[C@H]([C@H](C)[C@H](C/C=C(\C)C(=O)O)OC(C)=O)[C@@]2(C)CC=C3C(=CC[C@H]4C(C)(C)[C@@H](OC(C)=O)CC[C@]34C)[C@]12C. The number of carboxylic acid groups (broad SMARTS) is 1. The van der Waals surface area contributed by atoms with Crippen molar-refractivity contribution >= 4 is 23.9 Å². The summed E-state index contributed by atoms with van der Waals surface area (Å²) in [5.41, 5.74) is 1.63. The Morgan fingerprint density at radius 1 is 0.932 bits per heavy atom. The molecule has 44 heavy (non-hydrogen) atoms. The molecular weight excluding hydrogens is 560 g/mol. The molecule has 0 spiro atoms. The topological polar surface area (TPSA) is 116 Å². The van der Waals surface area contributed by atoms with Crippen LogP contribution in [0.15, 0.2) is 34.9 Å². The third-order valence-corrected chi connectivity index (χ3v) is 12.4. The van der Waals surface area contributed by atoms with Gasteiger partial charge >= 0.3 is 23.9 Å². The molecule has 0 heterocycles. The number of hydrogen-bond acceptors (Lipinski definition) is 7. The summed E-state index contributed by atoms with van der Waals surface area (Å²) >= 11 is 0. The molecule has 4 aliphatic carbocycles. The molecule has 2 fully saturated rings. The molecule has 8 nitrogen and oxygen atoms in total. The molecule has 0 aliphatic heterocycles. The molecule has 1 unspecified atom stereocenters. The molecule has 0 aromatic heterocycles. The number of fused-ring (bicyclic) bond motifs is 5. The first-order chi connectivity index (χ1) is 20.3. The molecule has 0 aromatic carbocycles. The van der Waals surface area contributed by atoms with E-state index < -0.39 is 23.5 Å². The number of aliphatic carboxylic acids is 1. The standard InChI is InChI=1S/C36H52O8/c1-20(32(40)41)11-13-28(42-22(3)37)21(2)27-19-31(44-24(5)39)36(10)26-12-14-29-33(6,7)30(43-23(4)38)16-17-34(29,8)25(26)15-18-35(27,36)9/h11-12,15,21,27-31H,13-14,16-19H2,1-10H3,(H,40,41)/b20-11+/t21-,27+,28-,29-,30-,31?,34+,35+,36+/m0/s1. The first-order valence-corrected chi connectivity index (χ1v) is 16.1. The van der Waals surface area contributed by atoms with E-state index in [1.807, 2.05) is 0 Å². The fraction of sp³-hybridized carbons (Fsp3) is 0.722. The normalized spacial score (nSPS) is 37.2. The van der Waals surface area contributed by atoms with Gasteiger partial charge in [0.2, 0.25) is 0 Å². The first-order valence-electron chi connectivity index (χ1n) is 16.1. The summed E-state index contributed by atoms with van der Waals surface area (Å²) in [7, 11) is 0. The van der Waals surface area contributed by atoms with Crippen molar-refractivity contribution in [3.05, 3.63) is 34.9 Å². The molecular formula is C36H52O8. The van der Waals surface area contributed by atoms with Crippen molar-refractivity contribution in [3.8, 4) is 0 Å². The van der Waals surface area contributed by atoms with E-state index in [1.54, 1.807) is 13.0 Å². The van der Waals surface area contributed by atoms with Gasteiger partial charge in [0.25, 0.3) is 0 Å². The second-order valence-corrected chi connectivity index (χ2v) is 15.1. The fourth-order valence-corrected chi connectivity index (χ4v) is 9.83. The van der Waals surface area contributed by atoms with Crippen molar-refractivity contribution in [1.82, 2.24) is 0 Å². The van der Waals surface area contributed by atoms with E-state index in [2.05, 4.69) is 53.7 Å². The van der Waals surface area contributed by atoms with Crippen LogP contribution in [0.25, 0.3) is 0 Å². The van der Waals surface area contributed by atoms with Crippen LogP contribution in [0.3, 0.4) is 0 Å². The summed E-state index contributed by atoms with van der Waals surface area (Å²) < 4.78 is 17.8. The predicted octanol–water partition coefficient (Wildman–Crippen LogP) is 6.97. The zero-order chi connectivity index (χ0) is 33.0. The molecule has 0 radical (unpaired) electrons. The zero-order valence-corrected chi connectivity index (χ0v) is 28.2. The van der Waals surface area contributed by atoms with Crippen LogP contribution in [0.5, 0.6) is 0 Å². The second-order valence-electron chi connectivity index (χ2n) is 15.1. The van der Waals surface area contributed by atoms with Crippen LogP contribution in [0.4, 0.5) is 0 Å². The number of hydrogen-bond donors (Lipinski definition) is 1. The minimum absolute atomic E-state index is 0.0279. The van der Waals surface area contributed by atoms with E-state index in [-0.39, 0.29) is 63.7 Å². The Balaban J connectivity index is 1.78. The van der Waals surface area contributed by atoms with Crippen LogP contribution >= 0.6 is 0 Å². The highest BCUT2D eigenvalue weighted by Gasteiger charge is 2.68. The third kappa shape index (κ3) is 5.44. The van der Waals surface area contributed by atoms with E-state index in [9.17, 15) is 24.3 Å². The maximum Gasteiger partial charge on any atom is 0.330 e. The Kier molecular flexibility index (Phi) is 9.11. The van der Waals surface area contributed by atoms with Crippen molar-refractivity contribution in [3.63, 3.8) is 0 Å². The minimum Gasteiger partial charge on any atom is -0.478 e.